The van der Waals surface area contributed by atoms with E-state index in [1.165, 1.54) is 0 Å². The maximum absolute atomic E-state index is 9.54. The molecule has 2 heterocycles. The average molecular weight is 412 g/mol. The molecule has 0 saturated heterocycles. The van der Waals surface area contributed by atoms with Gasteiger partial charge in [0.25, 0.3) is 0 Å². The van der Waals surface area contributed by atoms with Crippen molar-refractivity contribution in [2.45, 2.75) is 27.2 Å². The van der Waals surface area contributed by atoms with Crippen LogP contribution in [0.3, 0.4) is 0 Å². The summed E-state index contributed by atoms with van der Waals surface area (Å²) in [6.07, 6.45) is 7.25. The lowest BCUT2D eigenvalue weighted by molar-refractivity contribution is 1.03. The first kappa shape index (κ1) is 21.6. The molecule has 1 aliphatic heterocycles. The van der Waals surface area contributed by atoms with Crippen LogP contribution in [0.5, 0.6) is 0 Å². The van der Waals surface area contributed by atoms with E-state index in [1.807, 2.05) is 44.2 Å². The zero-order valence-electron chi connectivity index (χ0n) is 17.4. The Morgan fingerprint density at radius 1 is 1.13 bits per heavy atom. The lowest BCUT2D eigenvalue weighted by atomic mass is 9.98. The van der Waals surface area contributed by atoms with Gasteiger partial charge in [-0.25, -0.2) is 0 Å². The van der Waals surface area contributed by atoms with Crippen LogP contribution in [-0.4, -0.2) is 24.3 Å². The Morgan fingerprint density at radius 3 is 2.57 bits per heavy atom. The Morgan fingerprint density at radius 2 is 1.87 bits per heavy atom. The van der Waals surface area contributed by atoms with Crippen molar-refractivity contribution in [3.8, 4) is 12.1 Å². The second kappa shape index (κ2) is 10.0. The molecule has 0 saturated carbocycles. The Labute approximate surface area is 182 Å². The van der Waals surface area contributed by atoms with E-state index in [-0.39, 0.29) is 0 Å². The maximum Gasteiger partial charge on any atom is 0.394 e. The van der Waals surface area contributed by atoms with Crippen LogP contribution >= 0.6 is 11.8 Å². The van der Waals surface area contributed by atoms with Crippen molar-refractivity contribution in [1.82, 2.24) is 9.71 Å². The molecule has 149 valence electrons. The maximum atomic E-state index is 9.54. The highest BCUT2D eigenvalue weighted by molar-refractivity contribution is 8.03. The SMILES string of the molecule is CC.CCCSC1=C/N[B]n2c(c3ccc(C#N)c4c(C#N)ccc2c43)=NC/C=C\1. The quantitative estimate of drug-likeness (QED) is 0.646. The van der Waals surface area contributed by atoms with Crippen molar-refractivity contribution in [2.75, 3.05) is 12.3 Å². The lowest BCUT2D eigenvalue weighted by Crippen LogP contribution is -2.30. The summed E-state index contributed by atoms with van der Waals surface area (Å²) in [4.78, 5) is 5.95. The fraction of sp³-hybridized carbons (Fsp3) is 0.261. The van der Waals surface area contributed by atoms with Crippen molar-refractivity contribution in [1.29, 1.82) is 10.5 Å². The molecule has 1 N–H and O–H groups in total. The van der Waals surface area contributed by atoms with Crippen LogP contribution in [0.2, 0.25) is 0 Å². The molecule has 1 radical (unpaired) electrons. The summed E-state index contributed by atoms with van der Waals surface area (Å²) in [5, 5.41) is 24.9. The van der Waals surface area contributed by atoms with Gasteiger partial charge in [0.05, 0.1) is 29.8 Å². The highest BCUT2D eigenvalue weighted by atomic mass is 32.2. The Kier molecular flexibility index (Phi) is 7.22. The second-order valence-corrected chi connectivity index (χ2v) is 7.56. The van der Waals surface area contributed by atoms with Gasteiger partial charge in [0.1, 0.15) is 5.49 Å². The number of thioether (sulfide) groups is 1. The smallest absolute Gasteiger partial charge is 0.394 e. The zero-order valence-corrected chi connectivity index (χ0v) is 18.3. The van der Waals surface area contributed by atoms with E-state index in [0.717, 1.165) is 38.9 Å². The number of hydrogen-bond acceptors (Lipinski definition) is 5. The monoisotopic (exact) mass is 412 g/mol. The molecular formula is C23H23BN5S. The number of rotatable bonds is 3. The molecule has 0 bridgehead atoms. The predicted molar refractivity (Wildman–Crippen MR) is 126 cm³/mol. The summed E-state index contributed by atoms with van der Waals surface area (Å²) in [5.74, 6) is 1.06. The third kappa shape index (κ3) is 3.94. The van der Waals surface area contributed by atoms with Crippen LogP contribution in [0.15, 0.2) is 52.5 Å². The molecule has 1 aliphatic rings. The molecule has 4 rings (SSSR count). The Bertz CT molecular complexity index is 1240. The number of hydrogen-bond donors (Lipinski definition) is 1. The number of allylic oxidation sites excluding steroid dienone is 1. The van der Waals surface area contributed by atoms with Crippen LogP contribution < -0.4 is 10.7 Å². The van der Waals surface area contributed by atoms with Crippen LogP contribution in [0.1, 0.15) is 38.3 Å². The summed E-state index contributed by atoms with van der Waals surface area (Å²) in [6, 6.07) is 11.8. The van der Waals surface area contributed by atoms with Gasteiger partial charge in [-0.2, -0.15) is 10.5 Å². The normalized spacial score (nSPS) is 15.7. The largest absolute Gasteiger partial charge is 0.417 e. The summed E-state index contributed by atoms with van der Waals surface area (Å²) < 4.78 is 2.00. The molecule has 0 atom stereocenters. The molecule has 0 unspecified atom stereocenters. The fourth-order valence-electron chi connectivity index (χ4n) is 3.45. The molecule has 30 heavy (non-hydrogen) atoms. The van der Waals surface area contributed by atoms with E-state index < -0.39 is 0 Å². The fourth-order valence-corrected chi connectivity index (χ4v) is 4.23. The molecule has 7 heteroatoms. The van der Waals surface area contributed by atoms with Crippen LogP contribution in [0.4, 0.5) is 0 Å². The van der Waals surface area contributed by atoms with Gasteiger partial charge in [-0.05, 0) is 48.7 Å². The van der Waals surface area contributed by atoms with E-state index in [4.69, 9.17) is 4.99 Å². The van der Waals surface area contributed by atoms with Crippen LogP contribution in [0.25, 0.3) is 21.7 Å². The van der Waals surface area contributed by atoms with Gasteiger partial charge < -0.3 is 9.71 Å². The molecule has 5 nitrogen and oxygen atoms in total. The second-order valence-electron chi connectivity index (χ2n) is 6.39. The number of nitrogens with one attached hydrogen (secondary N) is 1. The molecule has 0 aliphatic carbocycles. The molecule has 0 spiro atoms. The highest BCUT2D eigenvalue weighted by Gasteiger charge is 2.18. The van der Waals surface area contributed by atoms with E-state index in [2.05, 4.69) is 36.4 Å². The summed E-state index contributed by atoms with van der Waals surface area (Å²) in [6.45, 7) is 6.73. The van der Waals surface area contributed by atoms with E-state index >= 15 is 0 Å². The minimum atomic E-state index is 0.508. The molecule has 3 aromatic rings. The first-order chi connectivity index (χ1) is 14.8. The van der Waals surface area contributed by atoms with Gasteiger partial charge in [0, 0.05) is 26.6 Å². The van der Waals surface area contributed by atoms with Crippen molar-refractivity contribution in [2.24, 2.45) is 4.99 Å². The number of fused-ring (bicyclic) bond motifs is 3. The first-order valence-corrected chi connectivity index (χ1v) is 11.1. The zero-order chi connectivity index (χ0) is 21.5. The number of nitriles is 2. The van der Waals surface area contributed by atoms with Crippen molar-refractivity contribution >= 4 is 41.0 Å². The summed E-state index contributed by atoms with van der Waals surface area (Å²) in [5.41, 5.74) is 2.75. The lowest BCUT2D eigenvalue weighted by Gasteiger charge is -2.08. The summed E-state index contributed by atoms with van der Waals surface area (Å²) >= 11 is 1.81. The molecular weight excluding hydrogens is 389 g/mol. The minimum absolute atomic E-state index is 0.508. The van der Waals surface area contributed by atoms with E-state index in [0.29, 0.717) is 23.1 Å². The standard InChI is InChI=1S/C21H17BN5S.C2H6/c1-2-10-28-16-4-3-9-25-21-17-7-5-14(11-23)19-15(12-24)6-8-18(20(17)19)27(21)22-26-13-16;1-2/h3-8,13,26H,2,9-10H2,1H3;1-2H3/b4-3-,16-13+,25-21?;. The van der Waals surface area contributed by atoms with Crippen LogP contribution in [0, 0.1) is 22.7 Å². The van der Waals surface area contributed by atoms with E-state index in [9.17, 15) is 10.5 Å². The molecule has 0 amide bonds. The topological polar surface area (TPSA) is 76.9 Å². The number of nitrogens with zero attached hydrogens (tertiary/aromatic N) is 4. The van der Waals surface area contributed by atoms with Crippen molar-refractivity contribution in [3.05, 3.63) is 64.1 Å². The van der Waals surface area contributed by atoms with E-state index in [1.54, 1.807) is 23.9 Å². The van der Waals surface area contributed by atoms with Crippen molar-refractivity contribution in [3.63, 3.8) is 0 Å². The molecule has 0 fully saturated rings. The highest BCUT2D eigenvalue weighted by Crippen LogP contribution is 2.30. The Balaban J connectivity index is 0.00000124. The molecule has 1 aromatic heterocycles. The predicted octanol–water partition coefficient (Wildman–Crippen LogP) is 4.43. The van der Waals surface area contributed by atoms with Gasteiger partial charge in [-0.3, -0.25) is 4.99 Å². The van der Waals surface area contributed by atoms with Crippen molar-refractivity contribution < 1.29 is 0 Å². The summed E-state index contributed by atoms with van der Waals surface area (Å²) in [7, 11) is 1.89. The number of aromatic nitrogens is 1. The average Bonchev–Trinajstić information content (AvgIpc) is 3.10. The van der Waals surface area contributed by atoms with Gasteiger partial charge >= 0.3 is 7.55 Å². The number of benzene rings is 2. The molecule has 2 aromatic carbocycles. The van der Waals surface area contributed by atoms with Gasteiger partial charge in [0.2, 0.25) is 0 Å². The first-order valence-electron chi connectivity index (χ1n) is 10.1. The third-order valence-electron chi connectivity index (χ3n) is 4.64. The van der Waals surface area contributed by atoms with Gasteiger partial charge in [-0.15, -0.1) is 11.8 Å². The Hall–Kier alpha value is -3.16. The third-order valence-corrected chi connectivity index (χ3v) is 5.84. The minimum Gasteiger partial charge on any atom is -0.417 e. The van der Waals surface area contributed by atoms with Gasteiger partial charge in [-0.1, -0.05) is 26.8 Å². The van der Waals surface area contributed by atoms with Crippen LogP contribution in [-0.2, 0) is 0 Å². The van der Waals surface area contributed by atoms with Gasteiger partial charge in [0.15, 0.2) is 0 Å².